The van der Waals surface area contributed by atoms with E-state index >= 15 is 0 Å². The Morgan fingerprint density at radius 2 is 2.36 bits per heavy atom. The van der Waals surface area contributed by atoms with E-state index in [4.69, 9.17) is 4.74 Å². The first kappa shape index (κ1) is 9.53. The number of aryl methyl sites for hydroxylation is 1. The van der Waals surface area contributed by atoms with E-state index < -0.39 is 0 Å². The van der Waals surface area contributed by atoms with Gasteiger partial charge in [-0.15, -0.1) is 0 Å². The number of rotatable bonds is 3. The number of ether oxygens (including phenoxy) is 1. The van der Waals surface area contributed by atoms with Crippen LogP contribution in [0.1, 0.15) is 24.5 Å². The Kier molecular flexibility index (Phi) is 2.73. The summed E-state index contributed by atoms with van der Waals surface area (Å²) < 4.78 is 5.43. The van der Waals surface area contributed by atoms with Crippen molar-refractivity contribution in [2.24, 2.45) is 0 Å². The van der Waals surface area contributed by atoms with Crippen molar-refractivity contribution in [2.75, 3.05) is 6.61 Å². The van der Waals surface area contributed by atoms with Gasteiger partial charge in [-0.2, -0.15) is 0 Å². The molecule has 0 radical (unpaired) electrons. The first-order valence-corrected chi connectivity index (χ1v) is 5.18. The van der Waals surface area contributed by atoms with Gasteiger partial charge in [-0.05, 0) is 37.0 Å². The molecule has 0 bridgehead atoms. The maximum Gasteiger partial charge on any atom is 0.122 e. The lowest BCUT2D eigenvalue weighted by Gasteiger charge is -2.05. The summed E-state index contributed by atoms with van der Waals surface area (Å²) in [4.78, 5) is 0. The molecular weight excluding hydrogens is 176 g/mol. The number of benzene rings is 1. The molecule has 1 aliphatic rings. The molecule has 0 saturated heterocycles. The van der Waals surface area contributed by atoms with Crippen molar-refractivity contribution in [1.29, 1.82) is 0 Å². The van der Waals surface area contributed by atoms with E-state index in [1.165, 1.54) is 11.1 Å². The average molecular weight is 192 g/mol. The van der Waals surface area contributed by atoms with Gasteiger partial charge in [-0.25, -0.2) is 0 Å². The van der Waals surface area contributed by atoms with E-state index in [9.17, 15) is 5.11 Å². The summed E-state index contributed by atoms with van der Waals surface area (Å²) in [6.45, 7) is 2.64. The zero-order valence-corrected chi connectivity index (χ0v) is 8.49. The number of hydrogen-bond donors (Lipinski definition) is 1. The molecule has 0 amide bonds. The molecule has 2 heteroatoms. The quantitative estimate of drug-likeness (QED) is 0.793. The van der Waals surface area contributed by atoms with Crippen molar-refractivity contribution in [1.82, 2.24) is 0 Å². The lowest BCUT2D eigenvalue weighted by atomic mass is 10.0. The second-order valence-electron chi connectivity index (χ2n) is 3.93. The normalized spacial score (nSPS) is 16.1. The molecule has 0 aliphatic carbocycles. The molecule has 1 aromatic rings. The standard InChI is InChI=1S/C12H16O2/c1-9(13)2-3-10-4-5-12-11(8-10)6-7-14-12/h4-5,8-9,13H,2-3,6-7H2,1H3/t9-/m1/s1. The van der Waals surface area contributed by atoms with Crippen LogP contribution in [0.15, 0.2) is 18.2 Å². The molecule has 1 aliphatic heterocycles. The third kappa shape index (κ3) is 2.07. The summed E-state index contributed by atoms with van der Waals surface area (Å²) in [5.74, 6) is 1.03. The van der Waals surface area contributed by atoms with E-state index in [1.807, 2.05) is 13.0 Å². The van der Waals surface area contributed by atoms with Crippen LogP contribution in [-0.4, -0.2) is 17.8 Å². The molecule has 0 unspecified atom stereocenters. The van der Waals surface area contributed by atoms with Crippen LogP contribution in [0.4, 0.5) is 0 Å². The van der Waals surface area contributed by atoms with E-state index in [0.717, 1.165) is 31.6 Å². The van der Waals surface area contributed by atoms with Gasteiger partial charge in [0.2, 0.25) is 0 Å². The largest absolute Gasteiger partial charge is 0.493 e. The minimum Gasteiger partial charge on any atom is -0.493 e. The highest BCUT2D eigenvalue weighted by molar-refractivity contribution is 5.39. The summed E-state index contributed by atoms with van der Waals surface area (Å²) in [6.07, 6.45) is 2.60. The van der Waals surface area contributed by atoms with E-state index in [0.29, 0.717) is 0 Å². The minimum atomic E-state index is -0.209. The fraction of sp³-hybridized carbons (Fsp3) is 0.500. The van der Waals surface area contributed by atoms with Crippen molar-refractivity contribution >= 4 is 0 Å². The monoisotopic (exact) mass is 192 g/mol. The number of fused-ring (bicyclic) bond motifs is 1. The Morgan fingerprint density at radius 3 is 3.14 bits per heavy atom. The Bertz CT molecular complexity index is 318. The third-order valence-corrected chi connectivity index (χ3v) is 2.60. The summed E-state index contributed by atoms with van der Waals surface area (Å²) in [5.41, 5.74) is 2.61. The molecule has 76 valence electrons. The van der Waals surface area contributed by atoms with Gasteiger partial charge in [-0.1, -0.05) is 12.1 Å². The van der Waals surface area contributed by atoms with Crippen LogP contribution in [-0.2, 0) is 12.8 Å². The van der Waals surface area contributed by atoms with Gasteiger partial charge < -0.3 is 9.84 Å². The van der Waals surface area contributed by atoms with Crippen molar-refractivity contribution in [3.63, 3.8) is 0 Å². The highest BCUT2D eigenvalue weighted by Crippen LogP contribution is 2.26. The second-order valence-corrected chi connectivity index (χ2v) is 3.93. The smallest absolute Gasteiger partial charge is 0.122 e. The molecule has 2 rings (SSSR count). The topological polar surface area (TPSA) is 29.5 Å². The maximum atomic E-state index is 9.18. The van der Waals surface area contributed by atoms with Gasteiger partial charge in [0.05, 0.1) is 12.7 Å². The van der Waals surface area contributed by atoms with Gasteiger partial charge in [0.15, 0.2) is 0 Å². The van der Waals surface area contributed by atoms with Crippen molar-refractivity contribution in [2.45, 2.75) is 32.3 Å². The second kappa shape index (κ2) is 4.01. The molecule has 1 aromatic carbocycles. The minimum absolute atomic E-state index is 0.209. The van der Waals surface area contributed by atoms with Gasteiger partial charge in [0.1, 0.15) is 5.75 Å². The first-order valence-electron chi connectivity index (χ1n) is 5.18. The zero-order valence-electron chi connectivity index (χ0n) is 8.49. The molecule has 0 saturated carbocycles. The SMILES string of the molecule is C[C@@H](O)CCc1ccc2c(c1)CCO2. The molecule has 0 aromatic heterocycles. The summed E-state index contributed by atoms with van der Waals surface area (Å²) in [5, 5.41) is 9.18. The Morgan fingerprint density at radius 1 is 1.50 bits per heavy atom. The van der Waals surface area contributed by atoms with Crippen LogP contribution in [0.5, 0.6) is 5.75 Å². The molecular formula is C12H16O2. The van der Waals surface area contributed by atoms with Crippen molar-refractivity contribution in [3.05, 3.63) is 29.3 Å². The van der Waals surface area contributed by atoms with Crippen LogP contribution in [0.2, 0.25) is 0 Å². The van der Waals surface area contributed by atoms with Crippen molar-refractivity contribution < 1.29 is 9.84 Å². The lowest BCUT2D eigenvalue weighted by Crippen LogP contribution is -2.01. The van der Waals surface area contributed by atoms with Gasteiger partial charge >= 0.3 is 0 Å². The highest BCUT2D eigenvalue weighted by atomic mass is 16.5. The summed E-state index contributed by atoms with van der Waals surface area (Å²) in [7, 11) is 0. The molecule has 0 spiro atoms. The molecule has 0 fully saturated rings. The van der Waals surface area contributed by atoms with Crippen LogP contribution in [0.3, 0.4) is 0 Å². The molecule has 1 heterocycles. The highest BCUT2D eigenvalue weighted by Gasteiger charge is 2.11. The van der Waals surface area contributed by atoms with Crippen LogP contribution < -0.4 is 4.74 Å². The summed E-state index contributed by atoms with van der Waals surface area (Å²) in [6, 6.07) is 6.33. The fourth-order valence-electron chi connectivity index (χ4n) is 1.77. The number of hydrogen-bond acceptors (Lipinski definition) is 2. The predicted molar refractivity (Wildman–Crippen MR) is 55.6 cm³/mol. The lowest BCUT2D eigenvalue weighted by molar-refractivity contribution is 0.185. The summed E-state index contributed by atoms with van der Waals surface area (Å²) >= 11 is 0. The van der Waals surface area contributed by atoms with Gasteiger partial charge in [0.25, 0.3) is 0 Å². The zero-order chi connectivity index (χ0) is 9.97. The first-order chi connectivity index (χ1) is 6.75. The van der Waals surface area contributed by atoms with E-state index in [-0.39, 0.29) is 6.10 Å². The Labute approximate surface area is 84.5 Å². The van der Waals surface area contributed by atoms with Crippen LogP contribution >= 0.6 is 0 Å². The molecule has 1 atom stereocenters. The van der Waals surface area contributed by atoms with E-state index in [1.54, 1.807) is 0 Å². The average Bonchev–Trinajstić information content (AvgIpc) is 2.61. The number of aliphatic hydroxyl groups excluding tert-OH is 1. The van der Waals surface area contributed by atoms with Crippen LogP contribution in [0, 0.1) is 0 Å². The van der Waals surface area contributed by atoms with Gasteiger partial charge in [-0.3, -0.25) is 0 Å². The third-order valence-electron chi connectivity index (χ3n) is 2.60. The molecule has 2 nitrogen and oxygen atoms in total. The molecule has 14 heavy (non-hydrogen) atoms. The predicted octanol–water partition coefficient (Wildman–Crippen LogP) is 1.93. The van der Waals surface area contributed by atoms with Crippen LogP contribution in [0.25, 0.3) is 0 Å². The number of aliphatic hydroxyl groups is 1. The Hall–Kier alpha value is -1.02. The van der Waals surface area contributed by atoms with E-state index in [2.05, 4.69) is 12.1 Å². The van der Waals surface area contributed by atoms with Crippen molar-refractivity contribution in [3.8, 4) is 5.75 Å². The molecule has 1 N–H and O–H groups in total. The maximum absolute atomic E-state index is 9.18. The fourth-order valence-corrected chi connectivity index (χ4v) is 1.77. The van der Waals surface area contributed by atoms with Gasteiger partial charge in [0, 0.05) is 6.42 Å². The Balaban J connectivity index is 2.05.